The number of likely N-dealkylation sites (N-methyl/N-ethyl adjacent to an activating group) is 1. The normalized spacial score (nSPS) is 22.8. The Labute approximate surface area is 85.7 Å². The van der Waals surface area contributed by atoms with E-state index in [1.54, 1.807) is 0 Å². The van der Waals surface area contributed by atoms with Gasteiger partial charge >= 0.3 is 0 Å². The predicted molar refractivity (Wildman–Crippen MR) is 60.2 cm³/mol. The lowest BCUT2D eigenvalue weighted by molar-refractivity contribution is 0.309. The molecule has 0 radical (unpaired) electrons. The third kappa shape index (κ3) is 2.07. The summed E-state index contributed by atoms with van der Waals surface area (Å²) in [4.78, 5) is 2.45. The smallest absolute Gasteiger partial charge is 0.0314 e. The molecule has 0 spiro atoms. The molecule has 1 atom stereocenters. The minimum Gasteiger partial charge on any atom is -0.399 e. The summed E-state index contributed by atoms with van der Waals surface area (Å²) in [6.07, 6.45) is 3.84. The number of anilines is 1. The van der Waals surface area contributed by atoms with Gasteiger partial charge in [-0.05, 0) is 50.6 Å². The van der Waals surface area contributed by atoms with E-state index in [4.69, 9.17) is 5.73 Å². The van der Waals surface area contributed by atoms with Crippen LogP contribution in [0.3, 0.4) is 0 Å². The van der Waals surface area contributed by atoms with Gasteiger partial charge in [0.1, 0.15) is 0 Å². The van der Waals surface area contributed by atoms with Crippen molar-refractivity contribution >= 4 is 5.69 Å². The number of rotatable bonds is 2. The second kappa shape index (κ2) is 4.01. The number of nitrogen functional groups attached to an aromatic ring is 1. The molecule has 1 heterocycles. The van der Waals surface area contributed by atoms with Gasteiger partial charge < -0.3 is 10.6 Å². The van der Waals surface area contributed by atoms with Crippen molar-refractivity contribution in [2.75, 3.05) is 19.3 Å². The van der Waals surface area contributed by atoms with Crippen molar-refractivity contribution in [3.8, 4) is 0 Å². The van der Waals surface area contributed by atoms with Crippen molar-refractivity contribution < 1.29 is 0 Å². The van der Waals surface area contributed by atoms with Gasteiger partial charge in [-0.25, -0.2) is 0 Å². The molecule has 1 saturated heterocycles. The van der Waals surface area contributed by atoms with Gasteiger partial charge in [0.05, 0.1) is 0 Å². The Hall–Kier alpha value is -1.02. The van der Waals surface area contributed by atoms with Gasteiger partial charge in [-0.3, -0.25) is 0 Å². The number of hydrogen-bond acceptors (Lipinski definition) is 2. The first kappa shape index (κ1) is 9.53. The Bertz CT molecular complexity index is 292. The van der Waals surface area contributed by atoms with Crippen LogP contribution in [0, 0.1) is 0 Å². The highest BCUT2D eigenvalue weighted by Gasteiger charge is 2.20. The SMILES string of the molecule is CN1CCCC1Cc1ccc(N)cc1. The van der Waals surface area contributed by atoms with Crippen LogP contribution < -0.4 is 5.73 Å². The number of nitrogens with zero attached hydrogens (tertiary/aromatic N) is 1. The molecule has 14 heavy (non-hydrogen) atoms. The van der Waals surface area contributed by atoms with E-state index in [9.17, 15) is 0 Å². The molecule has 1 unspecified atom stereocenters. The van der Waals surface area contributed by atoms with Crippen molar-refractivity contribution in [2.24, 2.45) is 0 Å². The fourth-order valence-corrected chi connectivity index (χ4v) is 2.16. The zero-order chi connectivity index (χ0) is 9.97. The van der Waals surface area contributed by atoms with Crippen LogP contribution in [0.4, 0.5) is 5.69 Å². The fraction of sp³-hybridized carbons (Fsp3) is 0.500. The van der Waals surface area contributed by atoms with Crippen LogP contribution in [0.1, 0.15) is 18.4 Å². The molecule has 0 saturated carbocycles. The maximum atomic E-state index is 5.65. The van der Waals surface area contributed by atoms with Gasteiger partial charge in [0.25, 0.3) is 0 Å². The summed E-state index contributed by atoms with van der Waals surface area (Å²) in [5, 5.41) is 0. The topological polar surface area (TPSA) is 29.3 Å². The van der Waals surface area contributed by atoms with Crippen molar-refractivity contribution in [2.45, 2.75) is 25.3 Å². The van der Waals surface area contributed by atoms with E-state index < -0.39 is 0 Å². The summed E-state index contributed by atoms with van der Waals surface area (Å²) < 4.78 is 0. The lowest BCUT2D eigenvalue weighted by Gasteiger charge is -2.19. The van der Waals surface area contributed by atoms with Crippen LogP contribution >= 0.6 is 0 Å². The zero-order valence-electron chi connectivity index (χ0n) is 8.74. The molecule has 0 bridgehead atoms. The molecule has 2 nitrogen and oxygen atoms in total. The minimum absolute atomic E-state index is 0.735. The quantitative estimate of drug-likeness (QED) is 0.722. The molecule has 0 aromatic heterocycles. The van der Waals surface area contributed by atoms with Gasteiger partial charge in [0.15, 0.2) is 0 Å². The third-order valence-electron chi connectivity index (χ3n) is 3.12. The van der Waals surface area contributed by atoms with Crippen molar-refractivity contribution in [3.05, 3.63) is 29.8 Å². The average molecular weight is 190 g/mol. The van der Waals surface area contributed by atoms with Crippen LogP contribution in [-0.2, 0) is 6.42 Å². The highest BCUT2D eigenvalue weighted by molar-refractivity contribution is 5.39. The van der Waals surface area contributed by atoms with Crippen molar-refractivity contribution in [1.82, 2.24) is 4.90 Å². The highest BCUT2D eigenvalue weighted by Crippen LogP contribution is 2.19. The van der Waals surface area contributed by atoms with Crippen LogP contribution in [0.15, 0.2) is 24.3 Å². The highest BCUT2D eigenvalue weighted by atomic mass is 15.1. The van der Waals surface area contributed by atoms with E-state index in [2.05, 4.69) is 24.1 Å². The summed E-state index contributed by atoms with van der Waals surface area (Å²) in [7, 11) is 2.22. The number of likely N-dealkylation sites (tertiary alicyclic amines) is 1. The summed E-state index contributed by atoms with van der Waals surface area (Å²) in [6.45, 7) is 1.25. The molecule has 0 amide bonds. The number of hydrogen-bond donors (Lipinski definition) is 1. The van der Waals surface area contributed by atoms with Gasteiger partial charge in [-0.15, -0.1) is 0 Å². The number of benzene rings is 1. The molecule has 76 valence electrons. The maximum Gasteiger partial charge on any atom is 0.0314 e. The molecule has 2 heteroatoms. The number of nitrogens with two attached hydrogens (primary N) is 1. The molecular formula is C12H18N2. The molecule has 1 aliphatic rings. The summed E-state index contributed by atoms with van der Waals surface area (Å²) in [5.41, 5.74) is 7.91. The maximum absolute atomic E-state index is 5.65. The third-order valence-corrected chi connectivity index (χ3v) is 3.12. The summed E-state index contributed by atoms with van der Waals surface area (Å²) in [5.74, 6) is 0. The van der Waals surface area contributed by atoms with E-state index in [1.807, 2.05) is 12.1 Å². The van der Waals surface area contributed by atoms with E-state index in [0.717, 1.165) is 18.2 Å². The van der Waals surface area contributed by atoms with Gasteiger partial charge in [0, 0.05) is 11.7 Å². The van der Waals surface area contributed by atoms with E-state index >= 15 is 0 Å². The second-order valence-electron chi connectivity index (χ2n) is 4.22. The van der Waals surface area contributed by atoms with Gasteiger partial charge in [0.2, 0.25) is 0 Å². The molecule has 1 aliphatic heterocycles. The second-order valence-corrected chi connectivity index (χ2v) is 4.22. The average Bonchev–Trinajstić information content (AvgIpc) is 2.56. The van der Waals surface area contributed by atoms with Crippen molar-refractivity contribution in [3.63, 3.8) is 0 Å². The first-order valence-electron chi connectivity index (χ1n) is 5.30. The molecular weight excluding hydrogens is 172 g/mol. The molecule has 1 aromatic rings. The Balaban J connectivity index is 2.00. The predicted octanol–water partition coefficient (Wildman–Crippen LogP) is 1.91. The molecule has 2 N–H and O–H groups in total. The van der Waals surface area contributed by atoms with Gasteiger partial charge in [-0.2, -0.15) is 0 Å². The van der Waals surface area contributed by atoms with Gasteiger partial charge in [-0.1, -0.05) is 12.1 Å². The lowest BCUT2D eigenvalue weighted by Crippen LogP contribution is -2.26. The molecule has 2 rings (SSSR count). The minimum atomic E-state index is 0.735. The Morgan fingerprint density at radius 3 is 2.64 bits per heavy atom. The summed E-state index contributed by atoms with van der Waals surface area (Å²) >= 11 is 0. The summed E-state index contributed by atoms with van der Waals surface area (Å²) in [6, 6.07) is 9.00. The Morgan fingerprint density at radius 1 is 1.36 bits per heavy atom. The van der Waals surface area contributed by atoms with Crippen LogP contribution in [0.25, 0.3) is 0 Å². The van der Waals surface area contributed by atoms with Crippen LogP contribution in [0.2, 0.25) is 0 Å². The van der Waals surface area contributed by atoms with E-state index in [0.29, 0.717) is 0 Å². The standard InChI is InChI=1S/C12H18N2/c1-14-8-2-3-12(14)9-10-4-6-11(13)7-5-10/h4-7,12H,2-3,8-9,13H2,1H3. The monoisotopic (exact) mass is 190 g/mol. The van der Waals surface area contributed by atoms with Crippen molar-refractivity contribution in [1.29, 1.82) is 0 Å². The zero-order valence-corrected chi connectivity index (χ0v) is 8.74. The molecule has 0 aliphatic carbocycles. The van der Waals surface area contributed by atoms with Crippen LogP contribution in [0.5, 0.6) is 0 Å². The van der Waals surface area contributed by atoms with Crippen LogP contribution in [-0.4, -0.2) is 24.5 Å². The Kier molecular flexibility index (Phi) is 2.73. The lowest BCUT2D eigenvalue weighted by atomic mass is 10.0. The van der Waals surface area contributed by atoms with E-state index in [1.165, 1.54) is 24.9 Å². The largest absolute Gasteiger partial charge is 0.399 e. The first-order chi connectivity index (χ1) is 6.75. The Morgan fingerprint density at radius 2 is 2.07 bits per heavy atom. The van der Waals surface area contributed by atoms with E-state index in [-0.39, 0.29) is 0 Å². The molecule has 1 aromatic carbocycles. The fourth-order valence-electron chi connectivity index (χ4n) is 2.16. The first-order valence-corrected chi connectivity index (χ1v) is 5.30. The molecule has 1 fully saturated rings.